The van der Waals surface area contributed by atoms with E-state index >= 15 is 0 Å². The lowest BCUT2D eigenvalue weighted by atomic mass is 9.96. The molecule has 80 valence electrons. The molecule has 0 saturated heterocycles. The second-order valence-corrected chi connectivity index (χ2v) is 4.29. The average molecular weight is 204 g/mol. The maximum atomic E-state index is 11.6. The van der Waals surface area contributed by atoms with Gasteiger partial charge in [0.15, 0.2) is 0 Å². The van der Waals surface area contributed by atoms with Crippen LogP contribution in [0.4, 0.5) is 0 Å². The van der Waals surface area contributed by atoms with Crippen molar-refractivity contribution in [1.29, 1.82) is 0 Å². The molecule has 15 heavy (non-hydrogen) atoms. The number of ether oxygens (including phenoxy) is 1. The lowest BCUT2D eigenvalue weighted by molar-refractivity contribution is -0.145. The van der Waals surface area contributed by atoms with E-state index in [2.05, 4.69) is 19.1 Å². The molecule has 0 unspecified atom stereocenters. The van der Waals surface area contributed by atoms with E-state index in [0.717, 1.165) is 6.42 Å². The molecular weight excluding hydrogens is 188 g/mol. The number of carbonyl (C=O) groups excluding carboxylic acids is 1. The highest BCUT2D eigenvalue weighted by Gasteiger charge is 2.56. The van der Waals surface area contributed by atoms with Crippen molar-refractivity contribution in [2.75, 3.05) is 6.61 Å². The summed E-state index contributed by atoms with van der Waals surface area (Å²) >= 11 is 0. The molecule has 2 nitrogen and oxygen atoms in total. The van der Waals surface area contributed by atoms with Crippen LogP contribution < -0.4 is 0 Å². The molecule has 1 aliphatic carbocycles. The third-order valence-electron chi connectivity index (χ3n) is 3.24. The average Bonchev–Trinajstić information content (AvgIpc) is 2.94. The summed E-state index contributed by atoms with van der Waals surface area (Å²) in [5.41, 5.74) is 1.25. The Bertz CT molecular complexity index is 358. The number of hydrogen-bond donors (Lipinski definition) is 0. The summed E-state index contributed by atoms with van der Waals surface area (Å²) in [6.07, 6.45) is 0.913. The van der Waals surface area contributed by atoms with E-state index < -0.39 is 0 Å². The Balaban J connectivity index is 2.10. The Hall–Kier alpha value is -1.31. The number of rotatable bonds is 3. The zero-order valence-electron chi connectivity index (χ0n) is 9.19. The molecule has 0 amide bonds. The molecule has 2 rings (SSSR count). The third kappa shape index (κ3) is 1.76. The van der Waals surface area contributed by atoms with Crippen molar-refractivity contribution in [2.45, 2.75) is 25.7 Å². The van der Waals surface area contributed by atoms with Gasteiger partial charge in [-0.2, -0.15) is 0 Å². The molecule has 0 aliphatic heterocycles. The predicted octanol–water partition coefficient (Wildman–Crippen LogP) is 2.53. The Morgan fingerprint density at radius 1 is 1.47 bits per heavy atom. The Morgan fingerprint density at radius 2 is 2.13 bits per heavy atom. The van der Waals surface area contributed by atoms with Crippen LogP contribution in [0.5, 0.6) is 0 Å². The Labute approximate surface area is 90.3 Å². The molecule has 0 aromatic heterocycles. The summed E-state index contributed by atoms with van der Waals surface area (Å²) in [6, 6.07) is 10.2. The van der Waals surface area contributed by atoms with Crippen LogP contribution in [0.25, 0.3) is 0 Å². The van der Waals surface area contributed by atoms with Crippen LogP contribution in [-0.4, -0.2) is 12.6 Å². The minimum Gasteiger partial charge on any atom is -0.466 e. The molecule has 0 heterocycles. The normalized spacial score (nSPS) is 28.5. The second kappa shape index (κ2) is 3.69. The zero-order chi connectivity index (χ0) is 10.9. The van der Waals surface area contributed by atoms with E-state index in [4.69, 9.17) is 4.74 Å². The number of benzene rings is 1. The standard InChI is InChI=1S/C13H16O2/c1-3-15-12(14)11-9-13(11,2)10-7-5-4-6-8-10/h4-8,11H,3,9H2,1-2H3/t11-,13+/m0/s1. The first-order chi connectivity index (χ1) is 7.18. The van der Waals surface area contributed by atoms with Gasteiger partial charge in [0.25, 0.3) is 0 Å². The largest absolute Gasteiger partial charge is 0.466 e. The van der Waals surface area contributed by atoms with Crippen molar-refractivity contribution in [2.24, 2.45) is 5.92 Å². The van der Waals surface area contributed by atoms with Gasteiger partial charge in [-0.05, 0) is 18.9 Å². The fraction of sp³-hybridized carbons (Fsp3) is 0.462. The number of hydrogen-bond acceptors (Lipinski definition) is 2. The van der Waals surface area contributed by atoms with Crippen LogP contribution in [0.15, 0.2) is 30.3 Å². The van der Waals surface area contributed by atoms with Gasteiger partial charge in [-0.25, -0.2) is 0 Å². The molecule has 1 aromatic rings. The van der Waals surface area contributed by atoms with Crippen molar-refractivity contribution in [3.8, 4) is 0 Å². The molecule has 1 aliphatic rings. The molecular formula is C13H16O2. The highest BCUT2D eigenvalue weighted by atomic mass is 16.5. The fourth-order valence-electron chi connectivity index (χ4n) is 2.09. The van der Waals surface area contributed by atoms with Gasteiger partial charge >= 0.3 is 5.97 Å². The summed E-state index contributed by atoms with van der Waals surface area (Å²) < 4.78 is 5.04. The van der Waals surface area contributed by atoms with Crippen molar-refractivity contribution in [3.63, 3.8) is 0 Å². The van der Waals surface area contributed by atoms with Crippen molar-refractivity contribution in [1.82, 2.24) is 0 Å². The molecule has 1 aromatic carbocycles. The summed E-state index contributed by atoms with van der Waals surface area (Å²) in [7, 11) is 0. The van der Waals surface area contributed by atoms with Crippen LogP contribution in [0.3, 0.4) is 0 Å². The van der Waals surface area contributed by atoms with E-state index in [1.807, 2.05) is 25.1 Å². The van der Waals surface area contributed by atoms with E-state index in [-0.39, 0.29) is 17.3 Å². The van der Waals surface area contributed by atoms with Crippen LogP contribution in [0, 0.1) is 5.92 Å². The monoisotopic (exact) mass is 204 g/mol. The molecule has 2 heteroatoms. The number of esters is 1. The first kappa shape index (κ1) is 10.2. The van der Waals surface area contributed by atoms with Gasteiger partial charge in [-0.3, -0.25) is 4.79 Å². The van der Waals surface area contributed by atoms with Gasteiger partial charge in [0.2, 0.25) is 0 Å². The smallest absolute Gasteiger partial charge is 0.309 e. The highest BCUT2D eigenvalue weighted by Crippen LogP contribution is 2.54. The summed E-state index contributed by atoms with van der Waals surface area (Å²) in [5, 5.41) is 0. The molecule has 0 radical (unpaired) electrons. The van der Waals surface area contributed by atoms with Crippen molar-refractivity contribution < 1.29 is 9.53 Å². The topological polar surface area (TPSA) is 26.3 Å². The lowest BCUT2D eigenvalue weighted by Crippen LogP contribution is -2.14. The summed E-state index contributed by atoms with van der Waals surface area (Å²) in [5.74, 6) is 0.00343. The van der Waals surface area contributed by atoms with E-state index in [0.29, 0.717) is 6.61 Å². The first-order valence-corrected chi connectivity index (χ1v) is 5.40. The van der Waals surface area contributed by atoms with Gasteiger partial charge < -0.3 is 4.74 Å². The molecule has 0 bridgehead atoms. The zero-order valence-corrected chi connectivity index (χ0v) is 9.19. The summed E-state index contributed by atoms with van der Waals surface area (Å²) in [4.78, 5) is 11.6. The lowest BCUT2D eigenvalue weighted by Gasteiger charge is -2.10. The maximum absolute atomic E-state index is 11.6. The van der Waals surface area contributed by atoms with E-state index in [1.165, 1.54) is 5.56 Å². The SMILES string of the molecule is CCOC(=O)[C@@H]1C[C@]1(C)c1ccccc1. The maximum Gasteiger partial charge on any atom is 0.309 e. The van der Waals surface area contributed by atoms with Crippen molar-refractivity contribution in [3.05, 3.63) is 35.9 Å². The van der Waals surface area contributed by atoms with Crippen LogP contribution in [-0.2, 0) is 14.9 Å². The van der Waals surface area contributed by atoms with Crippen molar-refractivity contribution >= 4 is 5.97 Å². The van der Waals surface area contributed by atoms with E-state index in [9.17, 15) is 4.79 Å². The molecule has 0 N–H and O–H groups in total. The van der Waals surface area contributed by atoms with Gasteiger partial charge in [-0.1, -0.05) is 37.3 Å². The third-order valence-corrected chi connectivity index (χ3v) is 3.24. The number of carbonyl (C=O) groups is 1. The fourth-order valence-corrected chi connectivity index (χ4v) is 2.09. The quantitative estimate of drug-likeness (QED) is 0.707. The molecule has 0 spiro atoms. The first-order valence-electron chi connectivity index (χ1n) is 5.40. The van der Waals surface area contributed by atoms with Gasteiger partial charge in [0, 0.05) is 5.41 Å². The molecule has 1 fully saturated rings. The minimum absolute atomic E-state index is 0.00745. The Kier molecular flexibility index (Phi) is 2.51. The minimum atomic E-state index is -0.0520. The predicted molar refractivity (Wildman–Crippen MR) is 58.5 cm³/mol. The van der Waals surface area contributed by atoms with Gasteiger partial charge in [0.1, 0.15) is 0 Å². The second-order valence-electron chi connectivity index (χ2n) is 4.29. The van der Waals surface area contributed by atoms with E-state index in [1.54, 1.807) is 0 Å². The summed E-state index contributed by atoms with van der Waals surface area (Å²) in [6.45, 7) is 4.45. The van der Waals surface area contributed by atoms with Gasteiger partial charge in [-0.15, -0.1) is 0 Å². The highest BCUT2D eigenvalue weighted by molar-refractivity contribution is 5.79. The van der Waals surface area contributed by atoms with Crippen LogP contribution in [0.2, 0.25) is 0 Å². The van der Waals surface area contributed by atoms with Crippen LogP contribution >= 0.6 is 0 Å². The Morgan fingerprint density at radius 3 is 2.73 bits per heavy atom. The molecule has 1 saturated carbocycles. The van der Waals surface area contributed by atoms with Crippen LogP contribution in [0.1, 0.15) is 25.8 Å². The van der Waals surface area contributed by atoms with Gasteiger partial charge in [0.05, 0.1) is 12.5 Å². The molecule has 2 atom stereocenters.